The maximum absolute atomic E-state index is 4.70. The van der Waals surface area contributed by atoms with Crippen LogP contribution in [-0.4, -0.2) is 28.8 Å². The van der Waals surface area contributed by atoms with Gasteiger partial charge in [0, 0.05) is 28.1 Å². The van der Waals surface area contributed by atoms with Crippen LogP contribution in [0.25, 0.3) is 0 Å². The molecule has 25 heavy (non-hydrogen) atoms. The average molecular weight is 375 g/mol. The Balaban J connectivity index is 1.55. The number of aromatic nitrogens is 1. The van der Waals surface area contributed by atoms with Crippen LogP contribution in [0.5, 0.6) is 0 Å². The van der Waals surface area contributed by atoms with Crippen molar-refractivity contribution in [2.45, 2.75) is 49.3 Å². The lowest BCUT2D eigenvalue weighted by atomic mass is 10.4. The van der Waals surface area contributed by atoms with Crippen LogP contribution < -0.4 is 10.6 Å². The van der Waals surface area contributed by atoms with Crippen LogP contribution in [0, 0.1) is 0 Å². The summed E-state index contributed by atoms with van der Waals surface area (Å²) in [6.07, 6.45) is 3.50. The molecule has 0 saturated heterocycles. The third kappa shape index (κ3) is 5.47. The number of nitrogens with one attached hydrogen (secondary N) is 2. The molecule has 0 radical (unpaired) electrons. The zero-order chi connectivity index (χ0) is 17.5. The molecule has 134 valence electrons. The lowest BCUT2D eigenvalue weighted by molar-refractivity contribution is 0.767. The monoisotopic (exact) mass is 374 g/mol. The first kappa shape index (κ1) is 18.3. The van der Waals surface area contributed by atoms with Gasteiger partial charge < -0.3 is 10.6 Å². The standard InChI is InChI=1S/C19H26N4S2/c1-3-17-23-15(13-24-17)12-21-18(20-4-2)22-14-19(10-11-19)25-16-8-6-5-7-9-16/h5-9,13H,3-4,10-12,14H2,1-2H3,(H2,20,21,22). The van der Waals surface area contributed by atoms with Crippen LogP contribution in [0.3, 0.4) is 0 Å². The molecule has 2 aromatic rings. The second kappa shape index (κ2) is 8.72. The van der Waals surface area contributed by atoms with Gasteiger partial charge in [-0.25, -0.2) is 9.98 Å². The van der Waals surface area contributed by atoms with E-state index in [-0.39, 0.29) is 0 Å². The molecule has 1 aromatic heterocycles. The summed E-state index contributed by atoms with van der Waals surface area (Å²) in [5.41, 5.74) is 1.05. The molecule has 1 saturated carbocycles. The molecule has 0 spiro atoms. The van der Waals surface area contributed by atoms with Crippen molar-refractivity contribution in [1.82, 2.24) is 15.6 Å². The molecule has 0 bridgehead atoms. The number of hydrogen-bond donors (Lipinski definition) is 2. The predicted molar refractivity (Wildman–Crippen MR) is 109 cm³/mol. The first-order chi connectivity index (χ1) is 12.2. The fraction of sp³-hybridized carbons (Fsp3) is 0.474. The van der Waals surface area contributed by atoms with E-state index in [4.69, 9.17) is 4.99 Å². The molecule has 2 N–H and O–H groups in total. The number of aliphatic imine (C=N–C) groups is 1. The molecule has 4 nitrogen and oxygen atoms in total. The fourth-order valence-electron chi connectivity index (χ4n) is 2.52. The highest BCUT2D eigenvalue weighted by Crippen LogP contribution is 2.51. The zero-order valence-electron chi connectivity index (χ0n) is 14.9. The Morgan fingerprint density at radius 1 is 1.24 bits per heavy atom. The van der Waals surface area contributed by atoms with E-state index in [9.17, 15) is 0 Å². The molecule has 0 amide bonds. The maximum Gasteiger partial charge on any atom is 0.191 e. The molecule has 1 aromatic carbocycles. The largest absolute Gasteiger partial charge is 0.357 e. The first-order valence-electron chi connectivity index (χ1n) is 8.92. The number of aryl methyl sites for hydroxylation is 1. The summed E-state index contributed by atoms with van der Waals surface area (Å²) in [5, 5.41) is 10.2. The summed E-state index contributed by atoms with van der Waals surface area (Å²) in [6.45, 7) is 6.67. The topological polar surface area (TPSA) is 49.3 Å². The molecule has 1 heterocycles. The molecule has 6 heteroatoms. The van der Waals surface area contributed by atoms with Crippen molar-refractivity contribution in [1.29, 1.82) is 0 Å². The number of nitrogens with zero attached hydrogens (tertiary/aromatic N) is 2. The quantitative estimate of drug-likeness (QED) is 0.540. The lowest BCUT2D eigenvalue weighted by Gasteiger charge is -2.18. The second-order valence-corrected chi connectivity index (χ2v) is 8.72. The van der Waals surface area contributed by atoms with Crippen LogP contribution in [0.4, 0.5) is 0 Å². The smallest absolute Gasteiger partial charge is 0.191 e. The third-order valence-corrected chi connectivity index (χ3v) is 6.64. The molecule has 0 atom stereocenters. The molecule has 0 aliphatic heterocycles. The van der Waals surface area contributed by atoms with Gasteiger partial charge in [0.15, 0.2) is 5.96 Å². The predicted octanol–water partition coefficient (Wildman–Crippen LogP) is 4.09. The van der Waals surface area contributed by atoms with E-state index in [1.54, 1.807) is 11.3 Å². The summed E-state index contributed by atoms with van der Waals surface area (Å²) in [6, 6.07) is 10.7. The van der Waals surface area contributed by atoms with E-state index in [1.807, 2.05) is 11.8 Å². The number of thioether (sulfide) groups is 1. The van der Waals surface area contributed by atoms with E-state index >= 15 is 0 Å². The summed E-state index contributed by atoms with van der Waals surface area (Å²) in [4.78, 5) is 10.6. The first-order valence-corrected chi connectivity index (χ1v) is 10.6. The SMILES string of the molecule is CCNC(=NCc1csc(CC)n1)NCC1(Sc2ccccc2)CC1. The highest BCUT2D eigenvalue weighted by atomic mass is 32.2. The molecule has 1 aliphatic rings. The Bertz CT molecular complexity index is 692. The van der Waals surface area contributed by atoms with Gasteiger partial charge in [-0.05, 0) is 38.3 Å². The van der Waals surface area contributed by atoms with Crippen LogP contribution >= 0.6 is 23.1 Å². The van der Waals surface area contributed by atoms with Gasteiger partial charge in [-0.3, -0.25) is 0 Å². The van der Waals surface area contributed by atoms with Crippen LogP contribution in [0.15, 0.2) is 45.6 Å². The molecule has 1 aliphatic carbocycles. The van der Waals surface area contributed by atoms with Gasteiger partial charge in [0.2, 0.25) is 0 Å². The molecule has 1 fully saturated rings. The minimum Gasteiger partial charge on any atom is -0.357 e. The van der Waals surface area contributed by atoms with E-state index in [2.05, 4.69) is 65.2 Å². The average Bonchev–Trinajstić information content (AvgIpc) is 3.24. The van der Waals surface area contributed by atoms with Crippen molar-refractivity contribution >= 4 is 29.1 Å². The number of thiazole rings is 1. The normalized spacial score (nSPS) is 15.8. The summed E-state index contributed by atoms with van der Waals surface area (Å²) in [5.74, 6) is 0.883. The second-order valence-electron chi connectivity index (χ2n) is 6.23. The number of rotatable bonds is 8. The molecular formula is C19H26N4S2. The van der Waals surface area contributed by atoms with Crippen LogP contribution in [-0.2, 0) is 13.0 Å². The zero-order valence-corrected chi connectivity index (χ0v) is 16.6. The third-order valence-electron chi connectivity index (χ3n) is 4.11. The van der Waals surface area contributed by atoms with E-state index in [0.717, 1.165) is 31.2 Å². The van der Waals surface area contributed by atoms with E-state index in [1.165, 1.54) is 22.7 Å². The van der Waals surface area contributed by atoms with E-state index in [0.29, 0.717) is 11.3 Å². The van der Waals surface area contributed by atoms with Crippen molar-refractivity contribution < 1.29 is 0 Å². The Kier molecular flexibility index (Phi) is 6.37. The van der Waals surface area contributed by atoms with Crippen LogP contribution in [0.2, 0.25) is 0 Å². The Morgan fingerprint density at radius 2 is 2.04 bits per heavy atom. The minimum atomic E-state index is 0.313. The Hall–Kier alpha value is -1.53. The Morgan fingerprint density at radius 3 is 2.68 bits per heavy atom. The van der Waals surface area contributed by atoms with Crippen LogP contribution in [0.1, 0.15) is 37.4 Å². The summed E-state index contributed by atoms with van der Waals surface area (Å²) in [7, 11) is 0. The fourth-order valence-corrected chi connectivity index (χ4v) is 4.50. The van der Waals surface area contributed by atoms with E-state index < -0.39 is 0 Å². The molecule has 0 unspecified atom stereocenters. The van der Waals surface area contributed by atoms with Crippen molar-refractivity contribution in [3.8, 4) is 0 Å². The van der Waals surface area contributed by atoms with Crippen molar-refractivity contribution in [2.24, 2.45) is 4.99 Å². The van der Waals surface area contributed by atoms with Gasteiger partial charge in [0.1, 0.15) is 0 Å². The minimum absolute atomic E-state index is 0.313. The number of hydrogen-bond acceptors (Lipinski definition) is 4. The van der Waals surface area contributed by atoms with Gasteiger partial charge in [0.05, 0.1) is 17.2 Å². The highest BCUT2D eigenvalue weighted by molar-refractivity contribution is 8.01. The number of benzene rings is 1. The maximum atomic E-state index is 4.70. The van der Waals surface area contributed by atoms with Crippen molar-refractivity contribution in [3.63, 3.8) is 0 Å². The van der Waals surface area contributed by atoms with Gasteiger partial charge >= 0.3 is 0 Å². The number of guanidine groups is 1. The lowest BCUT2D eigenvalue weighted by Crippen LogP contribution is -2.41. The Labute approximate surface area is 158 Å². The summed E-state index contributed by atoms with van der Waals surface area (Å²) < 4.78 is 0.313. The van der Waals surface area contributed by atoms with Crippen molar-refractivity contribution in [3.05, 3.63) is 46.4 Å². The van der Waals surface area contributed by atoms with Gasteiger partial charge in [-0.1, -0.05) is 25.1 Å². The van der Waals surface area contributed by atoms with Gasteiger partial charge in [0.25, 0.3) is 0 Å². The molecule has 3 rings (SSSR count). The summed E-state index contributed by atoms with van der Waals surface area (Å²) >= 11 is 3.70. The van der Waals surface area contributed by atoms with Gasteiger partial charge in [-0.15, -0.1) is 23.1 Å². The van der Waals surface area contributed by atoms with Gasteiger partial charge in [-0.2, -0.15) is 0 Å². The highest BCUT2D eigenvalue weighted by Gasteiger charge is 2.43. The molecular weight excluding hydrogens is 348 g/mol. The van der Waals surface area contributed by atoms with Crippen molar-refractivity contribution in [2.75, 3.05) is 13.1 Å².